The fourth-order valence-corrected chi connectivity index (χ4v) is 4.81. The van der Waals surface area contributed by atoms with Crippen molar-refractivity contribution in [2.24, 2.45) is 17.6 Å². The quantitative estimate of drug-likeness (QED) is 0.436. The standard InChI is InChI=1S/C29H47N3O6/c1-19(2)15-22-24(37-29(8,9)32(22)27(35)38-28(5,6)7)17-31(23(25(30)33)16-20(3)4)26(34)36-18-21-13-11-10-12-14-21/h10-14,19-20,22-24H,15-18H2,1-9H3,(H2,30,33)/t22-,23+,24?/m0/s1. The molecule has 1 heterocycles. The lowest BCUT2D eigenvalue weighted by atomic mass is 9.96. The fourth-order valence-electron chi connectivity index (χ4n) is 4.81. The third-order valence-electron chi connectivity index (χ3n) is 6.30. The molecule has 9 nitrogen and oxygen atoms in total. The maximum Gasteiger partial charge on any atom is 0.412 e. The molecule has 2 rings (SSSR count). The van der Waals surface area contributed by atoms with Crippen molar-refractivity contribution >= 4 is 18.1 Å². The first-order valence-electron chi connectivity index (χ1n) is 13.5. The lowest BCUT2D eigenvalue weighted by Crippen LogP contribution is -2.54. The van der Waals surface area contributed by atoms with Crippen molar-refractivity contribution in [1.29, 1.82) is 0 Å². The predicted octanol–water partition coefficient (Wildman–Crippen LogP) is 5.31. The zero-order chi connectivity index (χ0) is 28.8. The number of nitrogens with zero attached hydrogens (tertiary/aromatic N) is 2. The summed E-state index contributed by atoms with van der Waals surface area (Å²) in [6.07, 6.45) is -0.734. The van der Waals surface area contributed by atoms with Crippen molar-refractivity contribution < 1.29 is 28.6 Å². The Balaban J connectivity index is 2.41. The number of hydrogen-bond donors (Lipinski definition) is 1. The minimum absolute atomic E-state index is 0.0358. The van der Waals surface area contributed by atoms with E-state index in [4.69, 9.17) is 19.9 Å². The van der Waals surface area contributed by atoms with Gasteiger partial charge in [-0.25, -0.2) is 9.59 Å². The first-order chi connectivity index (χ1) is 17.5. The summed E-state index contributed by atoms with van der Waals surface area (Å²) in [6, 6.07) is 8.05. The molecule has 1 aromatic rings. The molecule has 2 N–H and O–H groups in total. The SMILES string of the molecule is CC(C)C[C@H](C(N)=O)N(CC1OC(C)(C)N(C(=O)OC(C)(C)C)[C@H]1CC(C)C)C(=O)OCc1ccccc1. The first kappa shape index (κ1) is 31.4. The van der Waals surface area contributed by atoms with E-state index >= 15 is 0 Å². The number of rotatable bonds is 10. The molecule has 1 fully saturated rings. The molecule has 0 bridgehead atoms. The number of ether oxygens (including phenoxy) is 3. The number of primary amides is 1. The third kappa shape index (κ3) is 8.89. The van der Waals surface area contributed by atoms with E-state index in [9.17, 15) is 14.4 Å². The van der Waals surface area contributed by atoms with Crippen LogP contribution < -0.4 is 5.73 Å². The molecule has 0 radical (unpaired) electrons. The number of benzene rings is 1. The van der Waals surface area contributed by atoms with Gasteiger partial charge in [0.2, 0.25) is 5.91 Å². The van der Waals surface area contributed by atoms with E-state index in [1.54, 1.807) is 4.90 Å². The van der Waals surface area contributed by atoms with Gasteiger partial charge in [0, 0.05) is 0 Å². The molecule has 214 valence electrons. The summed E-state index contributed by atoms with van der Waals surface area (Å²) in [7, 11) is 0. The number of carbonyl (C=O) groups is 3. The molecule has 3 amide bonds. The van der Waals surface area contributed by atoms with Crippen molar-refractivity contribution in [1.82, 2.24) is 9.80 Å². The topological polar surface area (TPSA) is 111 Å². The Hall–Kier alpha value is -2.81. The molecular weight excluding hydrogens is 486 g/mol. The van der Waals surface area contributed by atoms with Gasteiger partial charge in [-0.3, -0.25) is 14.6 Å². The maximum absolute atomic E-state index is 13.5. The number of hydrogen-bond acceptors (Lipinski definition) is 6. The van der Waals surface area contributed by atoms with E-state index in [2.05, 4.69) is 13.8 Å². The van der Waals surface area contributed by atoms with Crippen LogP contribution >= 0.6 is 0 Å². The number of carbonyl (C=O) groups excluding carboxylic acids is 3. The van der Waals surface area contributed by atoms with Gasteiger partial charge < -0.3 is 19.9 Å². The minimum Gasteiger partial charge on any atom is -0.445 e. The second-order valence-electron chi connectivity index (χ2n) is 12.4. The second kappa shape index (κ2) is 12.8. The summed E-state index contributed by atoms with van der Waals surface area (Å²) in [5, 5.41) is 0. The zero-order valence-corrected chi connectivity index (χ0v) is 24.5. The average molecular weight is 534 g/mol. The van der Waals surface area contributed by atoms with Gasteiger partial charge >= 0.3 is 12.2 Å². The van der Waals surface area contributed by atoms with Crippen LogP contribution in [0.5, 0.6) is 0 Å². The smallest absolute Gasteiger partial charge is 0.412 e. The van der Waals surface area contributed by atoms with Gasteiger partial charge in [0.1, 0.15) is 24.0 Å². The first-order valence-corrected chi connectivity index (χ1v) is 13.5. The summed E-state index contributed by atoms with van der Waals surface area (Å²) < 4.78 is 17.8. The summed E-state index contributed by atoms with van der Waals surface area (Å²) in [6.45, 7) is 17.2. The molecule has 1 aliphatic heterocycles. The molecular formula is C29H47N3O6. The van der Waals surface area contributed by atoms with Gasteiger partial charge in [0.25, 0.3) is 0 Å². The van der Waals surface area contributed by atoms with E-state index in [0.717, 1.165) is 5.56 Å². The molecule has 9 heteroatoms. The molecule has 1 saturated heterocycles. The highest BCUT2D eigenvalue weighted by Gasteiger charge is 2.52. The molecule has 3 atom stereocenters. The summed E-state index contributed by atoms with van der Waals surface area (Å²) in [5.41, 5.74) is 4.95. The Bertz CT molecular complexity index is 941. The maximum atomic E-state index is 13.5. The van der Waals surface area contributed by atoms with Gasteiger partial charge in [-0.05, 0) is 64.9 Å². The normalized spacial score (nSPS) is 19.9. The van der Waals surface area contributed by atoms with Crippen LogP contribution in [0, 0.1) is 11.8 Å². The van der Waals surface area contributed by atoms with Gasteiger partial charge in [0.05, 0.1) is 18.7 Å². The summed E-state index contributed by atoms with van der Waals surface area (Å²) in [4.78, 5) is 42.4. The van der Waals surface area contributed by atoms with Crippen molar-refractivity contribution in [3.05, 3.63) is 35.9 Å². The largest absolute Gasteiger partial charge is 0.445 e. The van der Waals surface area contributed by atoms with Gasteiger partial charge in [-0.1, -0.05) is 58.0 Å². The highest BCUT2D eigenvalue weighted by molar-refractivity contribution is 5.84. The Morgan fingerprint density at radius 3 is 2.18 bits per heavy atom. The van der Waals surface area contributed by atoms with E-state index in [1.165, 1.54) is 4.90 Å². The highest BCUT2D eigenvalue weighted by atomic mass is 16.6. The predicted molar refractivity (Wildman–Crippen MR) is 146 cm³/mol. The van der Waals surface area contributed by atoms with Crippen molar-refractivity contribution in [3.63, 3.8) is 0 Å². The molecule has 1 unspecified atom stereocenters. The van der Waals surface area contributed by atoms with Crippen LogP contribution in [-0.2, 0) is 25.6 Å². The minimum atomic E-state index is -0.994. The molecule has 0 spiro atoms. The van der Waals surface area contributed by atoms with Crippen molar-refractivity contribution in [2.75, 3.05) is 6.54 Å². The molecule has 0 aromatic heterocycles. The Morgan fingerprint density at radius 1 is 1.08 bits per heavy atom. The Kier molecular flexibility index (Phi) is 10.6. The average Bonchev–Trinajstić information content (AvgIpc) is 3.02. The van der Waals surface area contributed by atoms with Gasteiger partial charge in [-0.2, -0.15) is 0 Å². The lowest BCUT2D eigenvalue weighted by Gasteiger charge is -2.36. The zero-order valence-electron chi connectivity index (χ0n) is 24.5. The second-order valence-corrected chi connectivity index (χ2v) is 12.4. The van der Waals surface area contributed by atoms with Crippen LogP contribution in [0.4, 0.5) is 9.59 Å². The Morgan fingerprint density at radius 2 is 1.68 bits per heavy atom. The van der Waals surface area contributed by atoms with Crippen LogP contribution in [-0.4, -0.2) is 64.0 Å². The van der Waals surface area contributed by atoms with E-state index in [1.807, 2.05) is 78.8 Å². The third-order valence-corrected chi connectivity index (χ3v) is 6.30. The Labute approximate surface area is 228 Å². The number of nitrogens with two attached hydrogens (primary N) is 1. The molecule has 1 aromatic carbocycles. The van der Waals surface area contributed by atoms with Crippen LogP contribution in [0.1, 0.15) is 80.7 Å². The van der Waals surface area contributed by atoms with Gasteiger partial charge in [-0.15, -0.1) is 0 Å². The van der Waals surface area contributed by atoms with E-state index < -0.39 is 47.6 Å². The summed E-state index contributed by atoms with van der Waals surface area (Å²) >= 11 is 0. The number of amides is 3. The van der Waals surface area contributed by atoms with Crippen molar-refractivity contribution in [2.45, 2.75) is 111 Å². The molecule has 0 aliphatic carbocycles. The van der Waals surface area contributed by atoms with Crippen LogP contribution in [0.3, 0.4) is 0 Å². The molecule has 0 saturated carbocycles. The van der Waals surface area contributed by atoms with Crippen molar-refractivity contribution in [3.8, 4) is 0 Å². The fraction of sp³-hybridized carbons (Fsp3) is 0.690. The lowest BCUT2D eigenvalue weighted by molar-refractivity contribution is -0.124. The van der Waals surface area contributed by atoms with Crippen LogP contribution in [0.25, 0.3) is 0 Å². The van der Waals surface area contributed by atoms with E-state index in [-0.39, 0.29) is 25.0 Å². The summed E-state index contributed by atoms with van der Waals surface area (Å²) in [5.74, 6) is -0.286. The van der Waals surface area contributed by atoms with Gasteiger partial charge in [0.15, 0.2) is 0 Å². The molecule has 38 heavy (non-hydrogen) atoms. The highest BCUT2D eigenvalue weighted by Crippen LogP contribution is 2.37. The van der Waals surface area contributed by atoms with Crippen LogP contribution in [0.2, 0.25) is 0 Å². The molecule has 1 aliphatic rings. The van der Waals surface area contributed by atoms with E-state index in [0.29, 0.717) is 12.8 Å². The monoisotopic (exact) mass is 533 g/mol. The van der Waals surface area contributed by atoms with Crippen LogP contribution in [0.15, 0.2) is 30.3 Å².